The van der Waals surface area contributed by atoms with E-state index in [0.717, 1.165) is 31.4 Å². The Bertz CT molecular complexity index is 525. The highest BCUT2D eigenvalue weighted by Crippen LogP contribution is 2.23. The number of rotatable bonds is 2. The summed E-state index contributed by atoms with van der Waals surface area (Å²) in [5, 5.41) is 0. The van der Waals surface area contributed by atoms with Gasteiger partial charge in [0.15, 0.2) is 17.5 Å². The number of carbonyl (C=O) groups excluding carboxylic acids is 1. The van der Waals surface area contributed by atoms with Crippen LogP contribution in [0.15, 0.2) is 12.1 Å². The number of benzene rings is 1. The quantitative estimate of drug-likeness (QED) is 0.851. The van der Waals surface area contributed by atoms with Crippen molar-refractivity contribution in [3.8, 4) is 0 Å². The van der Waals surface area contributed by atoms with Crippen molar-refractivity contribution >= 4 is 18.3 Å². The normalized spacial score (nSPS) is 19.9. The van der Waals surface area contributed by atoms with E-state index in [4.69, 9.17) is 5.73 Å². The van der Waals surface area contributed by atoms with E-state index in [1.807, 2.05) is 0 Å². The van der Waals surface area contributed by atoms with Crippen molar-refractivity contribution < 1.29 is 18.0 Å². The van der Waals surface area contributed by atoms with Gasteiger partial charge in [0.25, 0.3) is 5.91 Å². The minimum Gasteiger partial charge on any atom is -0.334 e. The molecular formula is C14H18ClF3N2O. The molecule has 1 aliphatic heterocycles. The summed E-state index contributed by atoms with van der Waals surface area (Å²) >= 11 is 0. The average Bonchev–Trinajstić information content (AvgIpc) is 2.44. The number of piperidine rings is 1. The summed E-state index contributed by atoms with van der Waals surface area (Å²) in [6.45, 7) is 2.22. The number of hydrogen-bond donors (Lipinski definition) is 1. The van der Waals surface area contributed by atoms with Gasteiger partial charge >= 0.3 is 0 Å². The van der Waals surface area contributed by atoms with Gasteiger partial charge in [0, 0.05) is 18.6 Å². The third kappa shape index (κ3) is 3.49. The maximum atomic E-state index is 13.7. The van der Waals surface area contributed by atoms with E-state index in [1.54, 1.807) is 6.92 Å². The Hall–Kier alpha value is -1.27. The predicted octanol–water partition coefficient (Wildman–Crippen LogP) is 2.87. The largest absolute Gasteiger partial charge is 0.334 e. The fraction of sp³-hybridized carbons (Fsp3) is 0.500. The second-order valence-electron chi connectivity index (χ2n) is 5.14. The maximum absolute atomic E-state index is 13.7. The van der Waals surface area contributed by atoms with Gasteiger partial charge in [0.2, 0.25) is 0 Å². The van der Waals surface area contributed by atoms with Crippen LogP contribution in [0.3, 0.4) is 0 Å². The van der Waals surface area contributed by atoms with Gasteiger partial charge in [-0.2, -0.15) is 0 Å². The zero-order chi connectivity index (χ0) is 14.9. The van der Waals surface area contributed by atoms with Crippen LogP contribution in [0, 0.1) is 17.5 Å². The van der Waals surface area contributed by atoms with Gasteiger partial charge in [-0.05, 0) is 38.3 Å². The van der Waals surface area contributed by atoms with Crippen LogP contribution in [-0.4, -0.2) is 29.4 Å². The first-order valence-corrected chi connectivity index (χ1v) is 6.63. The van der Waals surface area contributed by atoms with Crippen LogP contribution < -0.4 is 5.73 Å². The molecule has 0 bridgehead atoms. The van der Waals surface area contributed by atoms with E-state index in [0.29, 0.717) is 6.54 Å². The number of nitrogens with two attached hydrogens (primary N) is 1. The first kappa shape index (κ1) is 17.8. The first-order chi connectivity index (χ1) is 9.43. The van der Waals surface area contributed by atoms with E-state index in [1.165, 1.54) is 4.90 Å². The van der Waals surface area contributed by atoms with Gasteiger partial charge < -0.3 is 10.6 Å². The Morgan fingerprint density at radius 3 is 2.57 bits per heavy atom. The fourth-order valence-electron chi connectivity index (χ4n) is 2.60. The molecule has 0 radical (unpaired) electrons. The molecule has 118 valence electrons. The standard InChI is InChI=1S/C14H17F3N2O.ClH/c1-8(18)11-4-2-3-7-19(11)14(20)9-5-6-10(15)13(17)12(9)16;/h5-6,8,11H,2-4,7,18H2,1H3;1H. The van der Waals surface area contributed by atoms with Crippen molar-refractivity contribution in [2.24, 2.45) is 5.73 Å². The molecule has 2 atom stereocenters. The van der Waals surface area contributed by atoms with Gasteiger partial charge in [0.05, 0.1) is 5.56 Å². The molecule has 3 nitrogen and oxygen atoms in total. The highest BCUT2D eigenvalue weighted by Gasteiger charge is 2.32. The summed E-state index contributed by atoms with van der Waals surface area (Å²) in [5.41, 5.74) is 5.40. The molecule has 2 unspecified atom stereocenters. The summed E-state index contributed by atoms with van der Waals surface area (Å²) in [7, 11) is 0. The van der Waals surface area contributed by atoms with Crippen LogP contribution in [-0.2, 0) is 0 Å². The van der Waals surface area contributed by atoms with Gasteiger partial charge in [-0.3, -0.25) is 4.79 Å². The summed E-state index contributed by atoms with van der Waals surface area (Å²) in [5.74, 6) is -5.00. The second-order valence-corrected chi connectivity index (χ2v) is 5.14. The monoisotopic (exact) mass is 322 g/mol. The topological polar surface area (TPSA) is 46.3 Å². The summed E-state index contributed by atoms with van der Waals surface area (Å²) in [6, 6.07) is 1.27. The average molecular weight is 323 g/mol. The molecule has 1 aromatic rings. The Morgan fingerprint density at radius 1 is 1.29 bits per heavy atom. The molecule has 2 N–H and O–H groups in total. The van der Waals surface area contributed by atoms with E-state index >= 15 is 0 Å². The molecule has 0 spiro atoms. The van der Waals surface area contributed by atoms with E-state index in [2.05, 4.69) is 0 Å². The molecule has 0 aromatic heterocycles. The zero-order valence-electron chi connectivity index (χ0n) is 11.6. The van der Waals surface area contributed by atoms with Gasteiger partial charge in [-0.25, -0.2) is 13.2 Å². The third-order valence-electron chi connectivity index (χ3n) is 3.68. The first-order valence-electron chi connectivity index (χ1n) is 6.63. The number of carbonyl (C=O) groups is 1. The third-order valence-corrected chi connectivity index (χ3v) is 3.68. The summed E-state index contributed by atoms with van der Waals surface area (Å²) in [4.78, 5) is 13.8. The Morgan fingerprint density at radius 2 is 1.95 bits per heavy atom. The van der Waals surface area contributed by atoms with Crippen LogP contribution in [0.5, 0.6) is 0 Å². The summed E-state index contributed by atoms with van der Waals surface area (Å²) in [6.07, 6.45) is 2.46. The van der Waals surface area contributed by atoms with Crippen LogP contribution in [0.2, 0.25) is 0 Å². The molecule has 0 saturated carbocycles. The molecular weight excluding hydrogens is 305 g/mol. The highest BCUT2D eigenvalue weighted by atomic mass is 35.5. The number of likely N-dealkylation sites (tertiary alicyclic amines) is 1. The van der Waals surface area contributed by atoms with Gasteiger partial charge in [0.1, 0.15) is 0 Å². The molecule has 1 heterocycles. The maximum Gasteiger partial charge on any atom is 0.257 e. The Balaban J connectivity index is 0.00000220. The van der Waals surface area contributed by atoms with Crippen LogP contribution in [0.4, 0.5) is 13.2 Å². The van der Waals surface area contributed by atoms with E-state index in [9.17, 15) is 18.0 Å². The molecule has 0 aliphatic carbocycles. The Labute approximate surface area is 127 Å². The number of nitrogens with zero attached hydrogens (tertiary/aromatic N) is 1. The Kier molecular flexibility index (Phi) is 6.04. The van der Waals surface area contributed by atoms with Gasteiger partial charge in [-0.15, -0.1) is 12.4 Å². The number of amides is 1. The molecule has 2 rings (SSSR count). The van der Waals surface area contributed by atoms with Crippen molar-refractivity contribution in [1.82, 2.24) is 4.90 Å². The molecule has 1 fully saturated rings. The van der Waals surface area contributed by atoms with E-state index in [-0.39, 0.29) is 24.5 Å². The number of halogens is 4. The molecule has 1 saturated heterocycles. The highest BCUT2D eigenvalue weighted by molar-refractivity contribution is 5.94. The van der Waals surface area contributed by atoms with Crippen molar-refractivity contribution in [1.29, 1.82) is 0 Å². The SMILES string of the molecule is CC(N)C1CCCCN1C(=O)c1ccc(F)c(F)c1F.Cl. The molecule has 21 heavy (non-hydrogen) atoms. The minimum absolute atomic E-state index is 0. The zero-order valence-corrected chi connectivity index (χ0v) is 12.4. The minimum atomic E-state index is -1.62. The van der Waals surface area contributed by atoms with Gasteiger partial charge in [-0.1, -0.05) is 0 Å². The van der Waals surface area contributed by atoms with E-state index < -0.39 is 28.9 Å². The lowest BCUT2D eigenvalue weighted by Gasteiger charge is -2.38. The smallest absolute Gasteiger partial charge is 0.257 e. The van der Waals surface area contributed by atoms with Crippen molar-refractivity contribution in [3.05, 3.63) is 35.1 Å². The molecule has 1 aliphatic rings. The lowest BCUT2D eigenvalue weighted by atomic mass is 9.96. The lowest BCUT2D eigenvalue weighted by Crippen LogP contribution is -2.51. The van der Waals surface area contributed by atoms with Crippen LogP contribution in [0.1, 0.15) is 36.5 Å². The summed E-state index contributed by atoms with van der Waals surface area (Å²) < 4.78 is 39.8. The predicted molar refractivity (Wildman–Crippen MR) is 75.9 cm³/mol. The molecule has 1 aromatic carbocycles. The molecule has 7 heteroatoms. The lowest BCUT2D eigenvalue weighted by molar-refractivity contribution is 0.0577. The van der Waals surface area contributed by atoms with Crippen molar-refractivity contribution in [3.63, 3.8) is 0 Å². The van der Waals surface area contributed by atoms with Crippen molar-refractivity contribution in [2.45, 2.75) is 38.3 Å². The number of hydrogen-bond acceptors (Lipinski definition) is 2. The van der Waals surface area contributed by atoms with Crippen LogP contribution in [0.25, 0.3) is 0 Å². The fourth-order valence-corrected chi connectivity index (χ4v) is 2.60. The van der Waals surface area contributed by atoms with Crippen LogP contribution >= 0.6 is 12.4 Å². The second kappa shape index (κ2) is 7.13. The van der Waals surface area contributed by atoms with Crippen molar-refractivity contribution in [2.75, 3.05) is 6.54 Å². The molecule has 1 amide bonds.